The number of carbonyl (C=O) groups excluding carboxylic acids is 1. The molecule has 0 bridgehead atoms. The van der Waals surface area contributed by atoms with Gasteiger partial charge < -0.3 is 4.74 Å². The number of unbranched alkanes of at least 4 members (excludes halogenated alkanes) is 6. The first-order valence-corrected chi connectivity index (χ1v) is 11.4. The fourth-order valence-corrected chi connectivity index (χ4v) is 5.01. The van der Waals surface area contributed by atoms with Crippen molar-refractivity contribution in [1.29, 1.82) is 0 Å². The van der Waals surface area contributed by atoms with E-state index in [0.29, 0.717) is 18.9 Å². The Morgan fingerprint density at radius 3 is 2.04 bits per heavy atom. The second-order valence-corrected chi connectivity index (χ2v) is 8.72. The molecule has 0 saturated heterocycles. The predicted octanol–water partition coefficient (Wildman–Crippen LogP) is 7.06. The Bertz CT molecular complexity index is 338. The van der Waals surface area contributed by atoms with Crippen molar-refractivity contribution >= 4 is 5.97 Å². The summed E-state index contributed by atoms with van der Waals surface area (Å²) < 4.78 is 5.48. The van der Waals surface area contributed by atoms with Crippen LogP contribution in [-0.2, 0) is 9.53 Å². The van der Waals surface area contributed by atoms with Crippen molar-refractivity contribution in [3.05, 3.63) is 0 Å². The van der Waals surface area contributed by atoms with Gasteiger partial charge in [-0.3, -0.25) is 4.79 Å². The first-order chi connectivity index (χ1) is 12.3. The SMILES string of the molecule is CCCCCCCCCOC(=O)CC1CCC(C2CCCCC2)CC1. The van der Waals surface area contributed by atoms with Crippen LogP contribution in [0.15, 0.2) is 0 Å². The first kappa shape index (κ1) is 20.8. The van der Waals surface area contributed by atoms with Gasteiger partial charge in [0.15, 0.2) is 0 Å². The van der Waals surface area contributed by atoms with Crippen molar-refractivity contribution in [2.45, 2.75) is 116 Å². The van der Waals surface area contributed by atoms with E-state index in [2.05, 4.69) is 6.92 Å². The summed E-state index contributed by atoms with van der Waals surface area (Å²) in [6, 6.07) is 0. The summed E-state index contributed by atoms with van der Waals surface area (Å²) in [5.41, 5.74) is 0. The predicted molar refractivity (Wildman–Crippen MR) is 106 cm³/mol. The average molecular weight is 351 g/mol. The molecule has 2 fully saturated rings. The Balaban J connectivity index is 1.46. The maximum absolute atomic E-state index is 12.0. The van der Waals surface area contributed by atoms with Crippen LogP contribution in [0, 0.1) is 17.8 Å². The lowest BCUT2D eigenvalue weighted by Crippen LogP contribution is -2.25. The molecule has 0 aromatic carbocycles. The lowest BCUT2D eigenvalue weighted by Gasteiger charge is -2.35. The minimum absolute atomic E-state index is 0.0621. The molecule has 0 atom stereocenters. The van der Waals surface area contributed by atoms with E-state index >= 15 is 0 Å². The smallest absolute Gasteiger partial charge is 0.306 e. The van der Waals surface area contributed by atoms with Gasteiger partial charge in [-0.2, -0.15) is 0 Å². The molecule has 2 rings (SSSR count). The minimum atomic E-state index is 0.0621. The molecule has 0 spiro atoms. The van der Waals surface area contributed by atoms with Crippen LogP contribution >= 0.6 is 0 Å². The highest BCUT2D eigenvalue weighted by Crippen LogP contribution is 2.40. The molecule has 2 heteroatoms. The van der Waals surface area contributed by atoms with Crippen LogP contribution in [0.2, 0.25) is 0 Å². The van der Waals surface area contributed by atoms with Gasteiger partial charge in [-0.05, 0) is 49.9 Å². The zero-order valence-corrected chi connectivity index (χ0v) is 16.8. The van der Waals surface area contributed by atoms with E-state index in [1.165, 1.54) is 96.3 Å². The summed E-state index contributed by atoms with van der Waals surface area (Å²) >= 11 is 0. The lowest BCUT2D eigenvalue weighted by atomic mass is 9.70. The Labute approximate surface area is 156 Å². The van der Waals surface area contributed by atoms with Gasteiger partial charge >= 0.3 is 5.97 Å². The van der Waals surface area contributed by atoms with E-state index in [0.717, 1.165) is 18.3 Å². The summed E-state index contributed by atoms with van der Waals surface area (Å²) in [7, 11) is 0. The molecule has 0 unspecified atom stereocenters. The molecule has 0 N–H and O–H groups in total. The van der Waals surface area contributed by atoms with Gasteiger partial charge in [-0.15, -0.1) is 0 Å². The maximum Gasteiger partial charge on any atom is 0.306 e. The number of ether oxygens (including phenoxy) is 1. The highest BCUT2D eigenvalue weighted by molar-refractivity contribution is 5.69. The van der Waals surface area contributed by atoms with Crippen molar-refractivity contribution < 1.29 is 9.53 Å². The largest absolute Gasteiger partial charge is 0.466 e. The fraction of sp³-hybridized carbons (Fsp3) is 0.957. The third kappa shape index (κ3) is 8.60. The summed E-state index contributed by atoms with van der Waals surface area (Å²) in [6.07, 6.45) is 22.1. The maximum atomic E-state index is 12.0. The molecule has 146 valence electrons. The van der Waals surface area contributed by atoms with Crippen LogP contribution in [0.3, 0.4) is 0 Å². The van der Waals surface area contributed by atoms with Gasteiger partial charge in [0.25, 0.3) is 0 Å². The first-order valence-electron chi connectivity index (χ1n) is 11.4. The Morgan fingerprint density at radius 2 is 1.36 bits per heavy atom. The molecule has 2 aliphatic rings. The van der Waals surface area contributed by atoms with Gasteiger partial charge in [-0.25, -0.2) is 0 Å². The van der Waals surface area contributed by atoms with E-state index in [4.69, 9.17) is 4.74 Å². The molecular formula is C23H42O2. The summed E-state index contributed by atoms with van der Waals surface area (Å²) in [4.78, 5) is 12.0. The summed E-state index contributed by atoms with van der Waals surface area (Å²) in [5, 5.41) is 0. The summed E-state index contributed by atoms with van der Waals surface area (Å²) in [6.45, 7) is 2.89. The third-order valence-corrected chi connectivity index (χ3v) is 6.67. The van der Waals surface area contributed by atoms with Crippen molar-refractivity contribution in [2.24, 2.45) is 17.8 Å². The molecule has 0 aromatic rings. The number of carbonyl (C=O) groups is 1. The van der Waals surface area contributed by atoms with E-state index in [9.17, 15) is 4.79 Å². The molecule has 0 radical (unpaired) electrons. The fourth-order valence-electron chi connectivity index (χ4n) is 5.01. The normalized spacial score (nSPS) is 25.0. The third-order valence-electron chi connectivity index (χ3n) is 6.67. The Morgan fingerprint density at radius 1 is 0.760 bits per heavy atom. The molecule has 2 nitrogen and oxygen atoms in total. The van der Waals surface area contributed by atoms with Crippen LogP contribution in [0.25, 0.3) is 0 Å². The Hall–Kier alpha value is -0.530. The van der Waals surface area contributed by atoms with Crippen molar-refractivity contribution in [2.75, 3.05) is 6.61 Å². The van der Waals surface area contributed by atoms with Gasteiger partial charge in [0.1, 0.15) is 0 Å². The van der Waals surface area contributed by atoms with Crippen molar-refractivity contribution in [3.63, 3.8) is 0 Å². The van der Waals surface area contributed by atoms with Crippen LogP contribution in [-0.4, -0.2) is 12.6 Å². The van der Waals surface area contributed by atoms with E-state index < -0.39 is 0 Å². The quantitative estimate of drug-likeness (QED) is 0.294. The zero-order valence-electron chi connectivity index (χ0n) is 16.8. The van der Waals surface area contributed by atoms with Gasteiger partial charge in [0.2, 0.25) is 0 Å². The monoisotopic (exact) mass is 350 g/mol. The number of hydrogen-bond donors (Lipinski definition) is 0. The van der Waals surface area contributed by atoms with Gasteiger partial charge in [0, 0.05) is 6.42 Å². The summed E-state index contributed by atoms with van der Waals surface area (Å²) in [5.74, 6) is 2.62. The molecule has 2 aliphatic carbocycles. The molecule has 0 amide bonds. The minimum Gasteiger partial charge on any atom is -0.466 e. The standard InChI is InChI=1S/C23H42O2/c1-2-3-4-5-6-7-11-18-25-23(24)19-20-14-16-22(17-15-20)21-12-9-8-10-13-21/h20-22H,2-19H2,1H3. The number of esters is 1. The second kappa shape index (κ2) is 12.8. The zero-order chi connectivity index (χ0) is 17.7. The second-order valence-electron chi connectivity index (χ2n) is 8.72. The molecule has 0 aromatic heterocycles. The topological polar surface area (TPSA) is 26.3 Å². The molecule has 0 heterocycles. The lowest BCUT2D eigenvalue weighted by molar-refractivity contribution is -0.145. The molecule has 25 heavy (non-hydrogen) atoms. The highest BCUT2D eigenvalue weighted by Gasteiger charge is 2.29. The van der Waals surface area contributed by atoms with Crippen molar-refractivity contribution in [1.82, 2.24) is 0 Å². The Kier molecular flexibility index (Phi) is 10.6. The van der Waals surface area contributed by atoms with Crippen LogP contribution in [0.1, 0.15) is 116 Å². The number of rotatable bonds is 11. The molecule has 2 saturated carbocycles. The van der Waals surface area contributed by atoms with E-state index in [-0.39, 0.29) is 5.97 Å². The molecule has 0 aliphatic heterocycles. The number of hydrogen-bond acceptors (Lipinski definition) is 2. The van der Waals surface area contributed by atoms with Crippen LogP contribution in [0.4, 0.5) is 0 Å². The van der Waals surface area contributed by atoms with Gasteiger partial charge in [-0.1, -0.05) is 77.6 Å². The van der Waals surface area contributed by atoms with Crippen LogP contribution < -0.4 is 0 Å². The van der Waals surface area contributed by atoms with Crippen LogP contribution in [0.5, 0.6) is 0 Å². The van der Waals surface area contributed by atoms with Crippen molar-refractivity contribution in [3.8, 4) is 0 Å². The highest BCUT2D eigenvalue weighted by atomic mass is 16.5. The van der Waals surface area contributed by atoms with E-state index in [1.54, 1.807) is 0 Å². The molecular weight excluding hydrogens is 308 g/mol. The average Bonchev–Trinajstić information content (AvgIpc) is 2.65. The van der Waals surface area contributed by atoms with Gasteiger partial charge in [0.05, 0.1) is 6.61 Å². The van der Waals surface area contributed by atoms with E-state index in [1.807, 2.05) is 0 Å².